The van der Waals surface area contributed by atoms with Gasteiger partial charge in [0.05, 0.1) is 5.69 Å². The van der Waals surface area contributed by atoms with Gasteiger partial charge in [-0.05, 0) is 39.1 Å². The van der Waals surface area contributed by atoms with Crippen molar-refractivity contribution in [3.8, 4) is 12.3 Å². The molecule has 0 aliphatic heterocycles. The number of aromatic nitrogens is 1. The van der Waals surface area contributed by atoms with Crippen LogP contribution in [0.25, 0.3) is 0 Å². The van der Waals surface area contributed by atoms with Crippen LogP contribution in [0.3, 0.4) is 0 Å². The second-order valence-corrected chi connectivity index (χ2v) is 3.82. The van der Waals surface area contributed by atoms with Crippen LogP contribution in [-0.4, -0.2) is 23.5 Å². The second-order valence-electron chi connectivity index (χ2n) is 3.82. The van der Waals surface area contributed by atoms with Crippen molar-refractivity contribution in [3.05, 3.63) is 29.6 Å². The van der Waals surface area contributed by atoms with E-state index >= 15 is 0 Å². The van der Waals surface area contributed by atoms with E-state index in [-0.39, 0.29) is 0 Å². The summed E-state index contributed by atoms with van der Waals surface area (Å²) >= 11 is 0. The van der Waals surface area contributed by atoms with Crippen LogP contribution < -0.4 is 0 Å². The predicted octanol–water partition coefficient (Wildman–Crippen LogP) is 2.24. The molecule has 2 heteroatoms. The first kappa shape index (κ1) is 11.7. The molecule has 0 amide bonds. The second kappa shape index (κ2) is 6.21. The molecule has 0 unspecified atom stereocenters. The molecule has 0 fully saturated rings. The van der Waals surface area contributed by atoms with E-state index in [1.807, 2.05) is 19.1 Å². The van der Waals surface area contributed by atoms with E-state index in [1.165, 1.54) is 0 Å². The minimum absolute atomic E-state index is 0.853. The summed E-state index contributed by atoms with van der Waals surface area (Å²) in [7, 11) is 2.10. The van der Waals surface area contributed by atoms with E-state index in [1.54, 1.807) is 0 Å². The Morgan fingerprint density at radius 2 is 2.27 bits per heavy atom. The summed E-state index contributed by atoms with van der Waals surface area (Å²) in [5, 5.41) is 0. The van der Waals surface area contributed by atoms with Gasteiger partial charge in [-0.25, -0.2) is 0 Å². The molecule has 0 aliphatic carbocycles. The van der Waals surface area contributed by atoms with Crippen LogP contribution in [0.15, 0.2) is 18.2 Å². The highest BCUT2D eigenvalue weighted by Gasteiger charge is 2.00. The fourth-order valence-electron chi connectivity index (χ4n) is 1.49. The molecule has 1 rings (SSSR count). The van der Waals surface area contributed by atoms with Crippen molar-refractivity contribution in [3.63, 3.8) is 0 Å². The third-order valence-corrected chi connectivity index (χ3v) is 2.24. The van der Waals surface area contributed by atoms with Crippen LogP contribution in [0.4, 0.5) is 0 Å². The molecule has 1 aromatic rings. The van der Waals surface area contributed by atoms with E-state index in [9.17, 15) is 0 Å². The van der Waals surface area contributed by atoms with Gasteiger partial charge in [-0.15, -0.1) is 12.3 Å². The molecule has 1 aromatic heterocycles. The molecule has 0 N–H and O–H groups in total. The van der Waals surface area contributed by atoms with Crippen LogP contribution in [-0.2, 0) is 6.54 Å². The lowest BCUT2D eigenvalue weighted by atomic mass is 10.2. The third-order valence-electron chi connectivity index (χ3n) is 2.24. The summed E-state index contributed by atoms with van der Waals surface area (Å²) in [6.45, 7) is 3.94. The van der Waals surface area contributed by atoms with Crippen molar-refractivity contribution in [1.82, 2.24) is 9.88 Å². The molecule has 2 nitrogen and oxygen atoms in total. The predicted molar refractivity (Wildman–Crippen MR) is 63.4 cm³/mol. The third kappa shape index (κ3) is 4.62. The van der Waals surface area contributed by atoms with Gasteiger partial charge in [0.1, 0.15) is 0 Å². The van der Waals surface area contributed by atoms with Gasteiger partial charge in [0.25, 0.3) is 0 Å². The Labute approximate surface area is 92.3 Å². The lowest BCUT2D eigenvalue weighted by molar-refractivity contribution is 0.320. The maximum Gasteiger partial charge on any atom is 0.0547 e. The summed E-state index contributed by atoms with van der Waals surface area (Å²) in [5.41, 5.74) is 2.20. The molecule has 0 spiro atoms. The van der Waals surface area contributed by atoms with Crippen molar-refractivity contribution < 1.29 is 0 Å². The molecular formula is C13H18N2. The summed E-state index contributed by atoms with van der Waals surface area (Å²) < 4.78 is 0. The highest BCUT2D eigenvalue weighted by atomic mass is 15.1. The molecule has 1 heterocycles. The van der Waals surface area contributed by atoms with Crippen LogP contribution in [0.1, 0.15) is 24.2 Å². The van der Waals surface area contributed by atoms with Crippen molar-refractivity contribution in [2.45, 2.75) is 26.3 Å². The van der Waals surface area contributed by atoms with E-state index in [0.717, 1.165) is 37.3 Å². The SMILES string of the molecule is C#CCCCN(C)Cc1cccc(C)n1. The van der Waals surface area contributed by atoms with Gasteiger partial charge < -0.3 is 4.90 Å². The molecule has 0 aromatic carbocycles. The number of aryl methyl sites for hydroxylation is 1. The van der Waals surface area contributed by atoms with Gasteiger partial charge in [0, 0.05) is 18.7 Å². The number of hydrogen-bond acceptors (Lipinski definition) is 2. The largest absolute Gasteiger partial charge is 0.301 e. The van der Waals surface area contributed by atoms with Crippen molar-refractivity contribution >= 4 is 0 Å². The zero-order valence-corrected chi connectivity index (χ0v) is 9.53. The maximum absolute atomic E-state index is 5.21. The zero-order valence-electron chi connectivity index (χ0n) is 9.53. The Morgan fingerprint density at radius 3 is 2.93 bits per heavy atom. The maximum atomic E-state index is 5.21. The van der Waals surface area contributed by atoms with Gasteiger partial charge in [-0.3, -0.25) is 4.98 Å². The summed E-state index contributed by atoms with van der Waals surface area (Å²) in [6.07, 6.45) is 7.11. The number of pyridine rings is 1. The Balaban J connectivity index is 2.38. The summed E-state index contributed by atoms with van der Waals surface area (Å²) in [5.74, 6) is 2.65. The molecule has 0 atom stereocenters. The van der Waals surface area contributed by atoms with Gasteiger partial charge in [0.15, 0.2) is 0 Å². The van der Waals surface area contributed by atoms with E-state index < -0.39 is 0 Å². The first-order valence-corrected chi connectivity index (χ1v) is 5.27. The summed E-state index contributed by atoms with van der Waals surface area (Å²) in [6, 6.07) is 6.12. The average Bonchev–Trinajstić information content (AvgIpc) is 2.18. The monoisotopic (exact) mass is 202 g/mol. The van der Waals surface area contributed by atoms with Crippen molar-refractivity contribution in [2.75, 3.05) is 13.6 Å². The molecule has 0 saturated carbocycles. The average molecular weight is 202 g/mol. The molecule has 0 aliphatic rings. The minimum Gasteiger partial charge on any atom is -0.301 e. The highest BCUT2D eigenvalue weighted by Crippen LogP contribution is 2.02. The van der Waals surface area contributed by atoms with Crippen LogP contribution in [0.5, 0.6) is 0 Å². The Kier molecular flexibility index (Phi) is 4.86. The van der Waals surface area contributed by atoms with E-state index in [0.29, 0.717) is 0 Å². The first-order valence-electron chi connectivity index (χ1n) is 5.27. The number of nitrogens with zero attached hydrogens (tertiary/aromatic N) is 2. The lowest BCUT2D eigenvalue weighted by Crippen LogP contribution is -2.19. The van der Waals surface area contributed by atoms with Gasteiger partial charge in [0.2, 0.25) is 0 Å². The molecule has 0 saturated heterocycles. The highest BCUT2D eigenvalue weighted by molar-refractivity contribution is 5.09. The van der Waals surface area contributed by atoms with Crippen molar-refractivity contribution in [1.29, 1.82) is 0 Å². The number of rotatable bonds is 5. The van der Waals surface area contributed by atoms with Crippen LogP contribution in [0, 0.1) is 19.3 Å². The van der Waals surface area contributed by atoms with E-state index in [2.05, 4.69) is 28.9 Å². The first-order chi connectivity index (χ1) is 7.22. The van der Waals surface area contributed by atoms with Gasteiger partial charge in [-0.2, -0.15) is 0 Å². The molecule has 80 valence electrons. The Morgan fingerprint density at radius 1 is 1.47 bits per heavy atom. The fourth-order valence-corrected chi connectivity index (χ4v) is 1.49. The lowest BCUT2D eigenvalue weighted by Gasteiger charge is -2.15. The normalized spacial score (nSPS) is 10.3. The van der Waals surface area contributed by atoms with Crippen LogP contribution in [0.2, 0.25) is 0 Å². The molecule has 15 heavy (non-hydrogen) atoms. The molecular weight excluding hydrogens is 184 g/mol. The molecule has 0 bridgehead atoms. The molecule has 0 radical (unpaired) electrons. The van der Waals surface area contributed by atoms with Crippen LogP contribution >= 0.6 is 0 Å². The quantitative estimate of drug-likeness (QED) is 0.537. The topological polar surface area (TPSA) is 16.1 Å². The zero-order chi connectivity index (χ0) is 11.1. The summed E-state index contributed by atoms with van der Waals surface area (Å²) in [4.78, 5) is 6.71. The number of hydrogen-bond donors (Lipinski definition) is 0. The van der Waals surface area contributed by atoms with Gasteiger partial charge >= 0.3 is 0 Å². The standard InChI is InChI=1S/C13H18N2/c1-4-5-6-10-15(3)11-13-9-7-8-12(2)14-13/h1,7-9H,5-6,10-11H2,2-3H3. The fraction of sp³-hybridized carbons (Fsp3) is 0.462. The Hall–Kier alpha value is -1.33. The van der Waals surface area contributed by atoms with E-state index in [4.69, 9.17) is 6.42 Å². The number of unbranched alkanes of at least 4 members (excludes halogenated alkanes) is 1. The van der Waals surface area contributed by atoms with Gasteiger partial charge in [-0.1, -0.05) is 6.07 Å². The van der Waals surface area contributed by atoms with Crippen molar-refractivity contribution in [2.24, 2.45) is 0 Å². The Bertz CT molecular complexity index is 339. The smallest absolute Gasteiger partial charge is 0.0547 e. The minimum atomic E-state index is 0.853. The number of terminal acetylenes is 1.